The standard InChI is InChI=1S/C19H18FN5O2S/c1-27-17(26)13-4-2-3-12(9-13)10-28-11-16-23-18(21)25-19(24-16)22-15-7-5-14(20)6-8-15/h2-9H,10-11H2,1H3,(H3,21,22,23,24,25). The van der Waals surface area contributed by atoms with Gasteiger partial charge in [0.1, 0.15) is 11.6 Å². The van der Waals surface area contributed by atoms with Crippen LogP contribution in [-0.4, -0.2) is 28.0 Å². The molecule has 3 N–H and O–H groups in total. The van der Waals surface area contributed by atoms with Gasteiger partial charge in [0.05, 0.1) is 18.4 Å². The summed E-state index contributed by atoms with van der Waals surface area (Å²) in [6.07, 6.45) is 0. The third-order valence-corrected chi connectivity index (χ3v) is 4.65. The minimum Gasteiger partial charge on any atom is -0.465 e. The first-order valence-electron chi connectivity index (χ1n) is 8.31. The number of thioether (sulfide) groups is 1. The van der Waals surface area contributed by atoms with Crippen LogP contribution in [0.3, 0.4) is 0 Å². The van der Waals surface area contributed by atoms with Gasteiger partial charge in [-0.3, -0.25) is 0 Å². The molecule has 0 fully saturated rings. The Bertz CT molecular complexity index is 969. The van der Waals surface area contributed by atoms with Crippen LogP contribution >= 0.6 is 11.8 Å². The van der Waals surface area contributed by atoms with Gasteiger partial charge in [-0.1, -0.05) is 12.1 Å². The molecule has 0 aliphatic heterocycles. The van der Waals surface area contributed by atoms with Crippen LogP contribution < -0.4 is 11.1 Å². The lowest BCUT2D eigenvalue weighted by atomic mass is 10.1. The molecule has 0 radical (unpaired) electrons. The van der Waals surface area contributed by atoms with Gasteiger partial charge in [0, 0.05) is 11.4 Å². The number of methoxy groups -OCH3 is 1. The topological polar surface area (TPSA) is 103 Å². The summed E-state index contributed by atoms with van der Waals surface area (Å²) in [6, 6.07) is 13.1. The summed E-state index contributed by atoms with van der Waals surface area (Å²) in [5, 5.41) is 2.98. The summed E-state index contributed by atoms with van der Waals surface area (Å²) < 4.78 is 17.7. The Morgan fingerprint density at radius 2 is 1.93 bits per heavy atom. The number of nitrogens with two attached hydrogens (primary N) is 1. The van der Waals surface area contributed by atoms with Gasteiger partial charge in [-0.05, 0) is 42.0 Å². The first-order chi connectivity index (χ1) is 13.5. The molecule has 3 aromatic rings. The van der Waals surface area contributed by atoms with Crippen LogP contribution in [0.4, 0.5) is 22.0 Å². The molecule has 3 rings (SSSR count). The predicted molar refractivity (Wildman–Crippen MR) is 107 cm³/mol. The Morgan fingerprint density at radius 1 is 1.14 bits per heavy atom. The Kier molecular flexibility index (Phi) is 6.38. The second kappa shape index (κ2) is 9.14. The summed E-state index contributed by atoms with van der Waals surface area (Å²) in [6.45, 7) is 0. The Hall–Kier alpha value is -3.20. The number of esters is 1. The molecule has 2 aromatic carbocycles. The number of hydrogen-bond acceptors (Lipinski definition) is 8. The van der Waals surface area contributed by atoms with Crippen molar-refractivity contribution >= 4 is 35.3 Å². The van der Waals surface area contributed by atoms with Gasteiger partial charge in [-0.15, -0.1) is 11.8 Å². The molecule has 1 aromatic heterocycles. The van der Waals surface area contributed by atoms with Crippen molar-refractivity contribution in [1.82, 2.24) is 15.0 Å². The lowest BCUT2D eigenvalue weighted by Crippen LogP contribution is -2.06. The van der Waals surface area contributed by atoms with Gasteiger partial charge in [0.25, 0.3) is 0 Å². The SMILES string of the molecule is COC(=O)c1cccc(CSCc2nc(N)nc(Nc3ccc(F)cc3)n2)c1. The van der Waals surface area contributed by atoms with Gasteiger partial charge < -0.3 is 15.8 Å². The van der Waals surface area contributed by atoms with Crippen molar-refractivity contribution in [3.8, 4) is 0 Å². The maximum absolute atomic E-state index is 13.0. The number of anilines is 3. The second-order valence-electron chi connectivity index (χ2n) is 5.75. The Morgan fingerprint density at radius 3 is 2.68 bits per heavy atom. The molecule has 0 aliphatic rings. The fourth-order valence-electron chi connectivity index (χ4n) is 2.39. The average Bonchev–Trinajstić information content (AvgIpc) is 2.69. The molecule has 0 spiro atoms. The first-order valence-corrected chi connectivity index (χ1v) is 9.47. The van der Waals surface area contributed by atoms with Gasteiger partial charge >= 0.3 is 5.97 Å². The van der Waals surface area contributed by atoms with Crippen molar-refractivity contribution in [2.75, 3.05) is 18.2 Å². The molecular weight excluding hydrogens is 381 g/mol. The molecule has 7 nitrogen and oxygen atoms in total. The smallest absolute Gasteiger partial charge is 0.337 e. The summed E-state index contributed by atoms with van der Waals surface area (Å²) in [5.41, 5.74) is 7.91. The van der Waals surface area contributed by atoms with E-state index in [4.69, 9.17) is 10.5 Å². The number of halogens is 1. The highest BCUT2D eigenvalue weighted by molar-refractivity contribution is 7.97. The molecule has 0 bridgehead atoms. The summed E-state index contributed by atoms with van der Waals surface area (Å²) in [5.74, 6) is 1.39. The molecular formula is C19H18FN5O2S. The third-order valence-electron chi connectivity index (χ3n) is 3.65. The normalized spacial score (nSPS) is 10.5. The quantitative estimate of drug-likeness (QED) is 0.582. The minimum atomic E-state index is -0.367. The van der Waals surface area contributed by atoms with Crippen LogP contribution in [0.25, 0.3) is 0 Å². The molecule has 0 atom stereocenters. The highest BCUT2D eigenvalue weighted by atomic mass is 32.2. The summed E-state index contributed by atoms with van der Waals surface area (Å²) in [4.78, 5) is 24.1. The lowest BCUT2D eigenvalue weighted by Gasteiger charge is -2.08. The van der Waals surface area contributed by atoms with E-state index in [0.717, 1.165) is 5.56 Å². The number of nitrogens with zero attached hydrogens (tertiary/aromatic N) is 3. The average molecular weight is 399 g/mol. The molecule has 0 unspecified atom stereocenters. The molecule has 0 amide bonds. The van der Waals surface area contributed by atoms with E-state index in [-0.39, 0.29) is 17.7 Å². The van der Waals surface area contributed by atoms with Crippen LogP contribution in [0.15, 0.2) is 48.5 Å². The second-order valence-corrected chi connectivity index (χ2v) is 6.74. The van der Waals surface area contributed by atoms with E-state index in [9.17, 15) is 9.18 Å². The van der Waals surface area contributed by atoms with Crippen molar-refractivity contribution in [2.45, 2.75) is 11.5 Å². The maximum Gasteiger partial charge on any atom is 0.337 e. The molecule has 28 heavy (non-hydrogen) atoms. The van der Waals surface area contributed by atoms with E-state index in [0.29, 0.717) is 34.5 Å². The van der Waals surface area contributed by atoms with Gasteiger partial charge in [-0.25, -0.2) is 9.18 Å². The number of aromatic nitrogens is 3. The number of nitrogens with one attached hydrogen (secondary N) is 1. The molecule has 0 saturated carbocycles. The number of nitrogen functional groups attached to an aromatic ring is 1. The van der Waals surface area contributed by atoms with Crippen molar-refractivity contribution in [3.05, 3.63) is 71.3 Å². The van der Waals surface area contributed by atoms with Crippen LogP contribution in [0.2, 0.25) is 0 Å². The highest BCUT2D eigenvalue weighted by Gasteiger charge is 2.08. The van der Waals surface area contributed by atoms with Crippen molar-refractivity contribution < 1.29 is 13.9 Å². The van der Waals surface area contributed by atoms with Crippen LogP contribution in [0.5, 0.6) is 0 Å². The number of benzene rings is 2. The molecule has 1 heterocycles. The minimum absolute atomic E-state index is 0.0999. The Labute approximate surface area is 165 Å². The number of ether oxygens (including phenoxy) is 1. The van der Waals surface area contributed by atoms with Crippen LogP contribution in [0, 0.1) is 5.82 Å². The first kappa shape index (κ1) is 19.6. The van der Waals surface area contributed by atoms with E-state index in [2.05, 4.69) is 20.3 Å². The van der Waals surface area contributed by atoms with E-state index >= 15 is 0 Å². The van der Waals surface area contributed by atoms with E-state index in [1.807, 2.05) is 12.1 Å². The third kappa shape index (κ3) is 5.40. The van der Waals surface area contributed by atoms with Crippen LogP contribution in [-0.2, 0) is 16.2 Å². The monoisotopic (exact) mass is 399 g/mol. The van der Waals surface area contributed by atoms with Crippen LogP contribution in [0.1, 0.15) is 21.7 Å². The largest absolute Gasteiger partial charge is 0.465 e. The van der Waals surface area contributed by atoms with Crippen molar-refractivity contribution in [3.63, 3.8) is 0 Å². The van der Waals surface area contributed by atoms with E-state index < -0.39 is 0 Å². The summed E-state index contributed by atoms with van der Waals surface area (Å²) >= 11 is 1.58. The van der Waals surface area contributed by atoms with E-state index in [1.165, 1.54) is 19.2 Å². The maximum atomic E-state index is 13.0. The molecule has 0 aliphatic carbocycles. The molecule has 9 heteroatoms. The fourth-order valence-corrected chi connectivity index (χ4v) is 3.22. The van der Waals surface area contributed by atoms with E-state index in [1.54, 1.807) is 36.0 Å². The zero-order chi connectivity index (χ0) is 19.9. The van der Waals surface area contributed by atoms with Crippen molar-refractivity contribution in [1.29, 1.82) is 0 Å². The lowest BCUT2D eigenvalue weighted by molar-refractivity contribution is 0.0600. The highest BCUT2D eigenvalue weighted by Crippen LogP contribution is 2.19. The van der Waals surface area contributed by atoms with Gasteiger partial charge in [-0.2, -0.15) is 15.0 Å². The number of rotatable bonds is 7. The van der Waals surface area contributed by atoms with Crippen molar-refractivity contribution in [2.24, 2.45) is 0 Å². The zero-order valence-corrected chi connectivity index (χ0v) is 15.9. The Balaban J connectivity index is 1.62. The number of carbonyl (C=O) groups excluding carboxylic acids is 1. The molecule has 144 valence electrons. The zero-order valence-electron chi connectivity index (χ0n) is 15.1. The predicted octanol–water partition coefficient (Wildman–Crippen LogP) is 3.56. The number of carbonyl (C=O) groups is 1. The fraction of sp³-hybridized carbons (Fsp3) is 0.158. The number of hydrogen-bond donors (Lipinski definition) is 2. The van der Waals surface area contributed by atoms with Gasteiger partial charge in [0.2, 0.25) is 11.9 Å². The molecule has 0 saturated heterocycles. The van der Waals surface area contributed by atoms with Gasteiger partial charge in [0.15, 0.2) is 0 Å². The summed E-state index contributed by atoms with van der Waals surface area (Å²) in [7, 11) is 1.35.